The fourth-order valence-electron chi connectivity index (χ4n) is 5.75. The maximum atomic E-state index is 13.3. The molecule has 8 nitrogen and oxygen atoms in total. The molecule has 3 N–H and O–H groups in total. The Morgan fingerprint density at radius 3 is 2.07 bits per heavy atom. The number of nitrogens with zero attached hydrogens (tertiary/aromatic N) is 3. The lowest BCUT2D eigenvalue weighted by Crippen LogP contribution is -2.48. The first kappa shape index (κ1) is 28.6. The van der Waals surface area contributed by atoms with Crippen molar-refractivity contribution in [2.24, 2.45) is 0 Å². The first-order valence-electron chi connectivity index (χ1n) is 14.9. The molecule has 3 aromatic rings. The number of anilines is 2. The van der Waals surface area contributed by atoms with Gasteiger partial charge in [0.2, 0.25) is 0 Å². The second kappa shape index (κ2) is 14.1. The summed E-state index contributed by atoms with van der Waals surface area (Å²) in [6.07, 6.45) is 1.94. The van der Waals surface area contributed by atoms with Crippen molar-refractivity contribution >= 4 is 23.3 Å². The molecule has 41 heavy (non-hydrogen) atoms. The van der Waals surface area contributed by atoms with Crippen LogP contribution in [0.5, 0.6) is 0 Å². The van der Waals surface area contributed by atoms with Crippen molar-refractivity contribution in [3.8, 4) is 0 Å². The van der Waals surface area contributed by atoms with Gasteiger partial charge in [-0.3, -0.25) is 9.69 Å². The van der Waals surface area contributed by atoms with Gasteiger partial charge >= 0.3 is 6.03 Å². The molecule has 0 aromatic heterocycles. The summed E-state index contributed by atoms with van der Waals surface area (Å²) in [6, 6.07) is 27.1. The summed E-state index contributed by atoms with van der Waals surface area (Å²) in [5.74, 6) is 0.00544. The molecule has 0 bridgehead atoms. The van der Waals surface area contributed by atoms with Crippen LogP contribution in [0.4, 0.5) is 16.2 Å². The lowest BCUT2D eigenvalue weighted by Gasteiger charge is -2.41. The summed E-state index contributed by atoms with van der Waals surface area (Å²) in [4.78, 5) is 32.8. The Hall–Kier alpha value is -3.88. The number of hydrogen-bond acceptors (Lipinski definition) is 5. The van der Waals surface area contributed by atoms with Crippen LogP contribution in [0, 0.1) is 0 Å². The Balaban J connectivity index is 1.35. The zero-order valence-corrected chi connectivity index (χ0v) is 24.0. The Morgan fingerprint density at radius 1 is 0.829 bits per heavy atom. The summed E-state index contributed by atoms with van der Waals surface area (Å²) in [6.45, 7) is 9.06. The first-order chi connectivity index (χ1) is 20.1. The SMILES string of the molecule is CCCCNC(=O)Nc1cc(C(=O)N2CCNCC2)ccc1N1CCN(C(c2ccccc2)c2ccccc2)CC1. The molecular weight excluding hydrogens is 512 g/mol. The van der Waals surface area contributed by atoms with Crippen LogP contribution in [-0.4, -0.2) is 80.6 Å². The minimum absolute atomic E-state index is 0.00544. The van der Waals surface area contributed by atoms with Crippen molar-refractivity contribution in [3.63, 3.8) is 0 Å². The van der Waals surface area contributed by atoms with Gasteiger partial charge in [-0.2, -0.15) is 0 Å². The van der Waals surface area contributed by atoms with Gasteiger partial charge in [0.15, 0.2) is 0 Å². The molecule has 3 amide bonds. The van der Waals surface area contributed by atoms with Crippen LogP contribution in [-0.2, 0) is 0 Å². The molecule has 2 aliphatic rings. The highest BCUT2D eigenvalue weighted by atomic mass is 16.2. The predicted octanol–water partition coefficient (Wildman–Crippen LogP) is 4.57. The molecular formula is C33H42N6O2. The third kappa shape index (κ3) is 7.26. The Labute approximate surface area is 243 Å². The number of piperazine rings is 2. The maximum absolute atomic E-state index is 13.3. The number of amides is 3. The third-order valence-corrected chi connectivity index (χ3v) is 7.96. The summed E-state index contributed by atoms with van der Waals surface area (Å²) in [5.41, 5.74) is 4.80. The normalized spacial score (nSPS) is 16.0. The molecule has 2 heterocycles. The zero-order chi connectivity index (χ0) is 28.4. The first-order valence-corrected chi connectivity index (χ1v) is 14.9. The van der Waals surface area contributed by atoms with Crippen LogP contribution in [0.25, 0.3) is 0 Å². The number of benzene rings is 3. The van der Waals surface area contributed by atoms with Gasteiger partial charge < -0.3 is 25.8 Å². The van der Waals surface area contributed by atoms with E-state index in [1.807, 2.05) is 23.1 Å². The fourth-order valence-corrected chi connectivity index (χ4v) is 5.75. The van der Waals surface area contributed by atoms with Crippen LogP contribution >= 0.6 is 0 Å². The van der Waals surface area contributed by atoms with Crippen LogP contribution in [0.3, 0.4) is 0 Å². The number of carbonyl (C=O) groups is 2. The molecule has 5 rings (SSSR count). The van der Waals surface area contributed by atoms with E-state index in [2.05, 4.69) is 93.3 Å². The molecule has 0 saturated carbocycles. The molecule has 0 atom stereocenters. The van der Waals surface area contributed by atoms with E-state index in [0.717, 1.165) is 57.8 Å². The van der Waals surface area contributed by atoms with Crippen molar-refractivity contribution in [1.29, 1.82) is 0 Å². The van der Waals surface area contributed by atoms with E-state index in [4.69, 9.17) is 0 Å². The van der Waals surface area contributed by atoms with Gasteiger partial charge in [0.25, 0.3) is 5.91 Å². The lowest BCUT2D eigenvalue weighted by molar-refractivity contribution is 0.0736. The van der Waals surface area contributed by atoms with Gasteiger partial charge in [-0.15, -0.1) is 0 Å². The molecule has 8 heteroatoms. The van der Waals surface area contributed by atoms with Crippen LogP contribution in [0.2, 0.25) is 0 Å². The summed E-state index contributed by atoms with van der Waals surface area (Å²) in [5, 5.41) is 9.31. The van der Waals surface area contributed by atoms with Crippen molar-refractivity contribution in [3.05, 3.63) is 95.6 Å². The molecule has 2 saturated heterocycles. The fraction of sp³-hybridized carbons (Fsp3) is 0.394. The average molecular weight is 555 g/mol. The highest BCUT2D eigenvalue weighted by Gasteiger charge is 2.28. The second-order valence-electron chi connectivity index (χ2n) is 10.8. The molecule has 0 unspecified atom stereocenters. The van der Waals surface area contributed by atoms with Crippen molar-refractivity contribution < 1.29 is 9.59 Å². The number of unbranched alkanes of at least 4 members (excludes halogenated alkanes) is 1. The number of hydrogen-bond donors (Lipinski definition) is 3. The van der Waals surface area contributed by atoms with E-state index in [1.54, 1.807) is 0 Å². The van der Waals surface area contributed by atoms with Crippen LogP contribution in [0.15, 0.2) is 78.9 Å². The van der Waals surface area contributed by atoms with Gasteiger partial charge in [-0.05, 0) is 35.7 Å². The molecule has 2 aliphatic heterocycles. The monoisotopic (exact) mass is 554 g/mol. The van der Waals surface area contributed by atoms with E-state index in [0.29, 0.717) is 30.9 Å². The Bertz CT molecular complexity index is 1230. The Kier molecular flexibility index (Phi) is 9.88. The van der Waals surface area contributed by atoms with E-state index < -0.39 is 0 Å². The highest BCUT2D eigenvalue weighted by Crippen LogP contribution is 2.33. The third-order valence-electron chi connectivity index (χ3n) is 7.96. The topological polar surface area (TPSA) is 79.9 Å². The zero-order valence-electron chi connectivity index (χ0n) is 24.0. The van der Waals surface area contributed by atoms with Crippen molar-refractivity contribution in [2.75, 3.05) is 69.1 Å². The second-order valence-corrected chi connectivity index (χ2v) is 10.8. The quantitative estimate of drug-likeness (QED) is 0.338. The molecule has 0 spiro atoms. The minimum atomic E-state index is -0.238. The largest absolute Gasteiger partial charge is 0.367 e. The summed E-state index contributed by atoms with van der Waals surface area (Å²) in [7, 11) is 0. The highest BCUT2D eigenvalue weighted by molar-refractivity contribution is 5.99. The van der Waals surface area contributed by atoms with Crippen molar-refractivity contribution in [2.45, 2.75) is 25.8 Å². The average Bonchev–Trinajstić information content (AvgIpc) is 3.03. The predicted molar refractivity (Wildman–Crippen MR) is 166 cm³/mol. The van der Waals surface area contributed by atoms with Gasteiger partial charge in [0.1, 0.15) is 0 Å². The van der Waals surface area contributed by atoms with Crippen LogP contribution < -0.4 is 20.9 Å². The number of carbonyl (C=O) groups excluding carboxylic acids is 2. The number of nitrogens with one attached hydrogen (secondary N) is 3. The maximum Gasteiger partial charge on any atom is 0.319 e. The van der Waals surface area contributed by atoms with E-state index in [1.165, 1.54) is 11.1 Å². The molecule has 216 valence electrons. The molecule has 0 radical (unpaired) electrons. The smallest absolute Gasteiger partial charge is 0.319 e. The van der Waals surface area contributed by atoms with Gasteiger partial charge in [-0.1, -0.05) is 74.0 Å². The van der Waals surface area contributed by atoms with Gasteiger partial charge in [0.05, 0.1) is 17.4 Å². The number of urea groups is 1. The standard InChI is InChI=1S/C33H42N6O2/c1-2-3-16-35-33(41)36-29-25-28(32(40)39-19-17-34-18-20-39)14-15-30(29)37-21-23-38(24-22-37)31(26-10-6-4-7-11-26)27-12-8-5-9-13-27/h4-15,25,31,34H,2-3,16-24H2,1H3,(H2,35,36,41). The summed E-state index contributed by atoms with van der Waals surface area (Å²) >= 11 is 0. The lowest BCUT2D eigenvalue weighted by atomic mass is 9.96. The van der Waals surface area contributed by atoms with Crippen LogP contribution in [0.1, 0.15) is 47.3 Å². The van der Waals surface area contributed by atoms with E-state index >= 15 is 0 Å². The van der Waals surface area contributed by atoms with E-state index in [-0.39, 0.29) is 18.0 Å². The number of rotatable bonds is 9. The molecule has 2 fully saturated rings. The van der Waals surface area contributed by atoms with Gasteiger partial charge in [0, 0.05) is 64.5 Å². The minimum Gasteiger partial charge on any atom is -0.367 e. The molecule has 0 aliphatic carbocycles. The van der Waals surface area contributed by atoms with E-state index in [9.17, 15) is 9.59 Å². The van der Waals surface area contributed by atoms with Gasteiger partial charge in [-0.25, -0.2) is 4.79 Å². The summed E-state index contributed by atoms with van der Waals surface area (Å²) < 4.78 is 0. The Morgan fingerprint density at radius 2 is 1.46 bits per heavy atom. The van der Waals surface area contributed by atoms with Crippen molar-refractivity contribution in [1.82, 2.24) is 20.4 Å². The molecule has 3 aromatic carbocycles.